The molecule has 1 saturated heterocycles. The summed E-state index contributed by atoms with van der Waals surface area (Å²) in [6.07, 6.45) is 7.73. The number of fused-ring (bicyclic) bond motifs is 2. The van der Waals surface area contributed by atoms with E-state index in [2.05, 4.69) is 28.1 Å². The SMILES string of the molecule is CCc1ncn2c(CCc3c(F)ccc4c3CCO4)ncc(N3CCOC[C@@H]3CC)c12. The van der Waals surface area contributed by atoms with E-state index in [4.69, 9.17) is 14.5 Å². The number of benzene rings is 1. The van der Waals surface area contributed by atoms with Crippen LogP contribution in [0.2, 0.25) is 0 Å². The molecule has 7 heteroatoms. The number of nitrogens with zero attached hydrogens (tertiary/aromatic N) is 4. The molecule has 2 aliphatic rings. The van der Waals surface area contributed by atoms with Crippen molar-refractivity contribution in [3.8, 4) is 5.75 Å². The zero-order chi connectivity index (χ0) is 21.4. The minimum absolute atomic E-state index is 0.156. The monoisotopic (exact) mass is 424 g/mol. The van der Waals surface area contributed by atoms with E-state index in [0.29, 0.717) is 25.5 Å². The predicted molar refractivity (Wildman–Crippen MR) is 118 cm³/mol. The fraction of sp³-hybridized carbons (Fsp3) is 0.500. The van der Waals surface area contributed by atoms with Crippen molar-refractivity contribution in [2.24, 2.45) is 0 Å². The van der Waals surface area contributed by atoms with Gasteiger partial charge >= 0.3 is 0 Å². The lowest BCUT2D eigenvalue weighted by atomic mass is 10.00. The number of anilines is 1. The summed E-state index contributed by atoms with van der Waals surface area (Å²) in [5, 5.41) is 0. The van der Waals surface area contributed by atoms with Crippen LogP contribution >= 0.6 is 0 Å². The molecule has 2 aromatic heterocycles. The highest BCUT2D eigenvalue weighted by Gasteiger charge is 2.26. The first-order chi connectivity index (χ1) is 15.2. The molecule has 0 N–H and O–H groups in total. The van der Waals surface area contributed by atoms with E-state index in [1.807, 2.05) is 12.5 Å². The highest BCUT2D eigenvalue weighted by Crippen LogP contribution is 2.32. The van der Waals surface area contributed by atoms with Crippen molar-refractivity contribution >= 4 is 11.2 Å². The summed E-state index contributed by atoms with van der Waals surface area (Å²) >= 11 is 0. The van der Waals surface area contributed by atoms with Gasteiger partial charge in [-0.25, -0.2) is 14.4 Å². The second-order valence-electron chi connectivity index (χ2n) is 8.25. The van der Waals surface area contributed by atoms with Crippen molar-refractivity contribution in [2.75, 3.05) is 31.3 Å². The Morgan fingerprint density at radius 2 is 2.06 bits per heavy atom. The third kappa shape index (κ3) is 3.55. The lowest BCUT2D eigenvalue weighted by Crippen LogP contribution is -2.45. The zero-order valence-corrected chi connectivity index (χ0v) is 18.2. The van der Waals surface area contributed by atoms with Gasteiger partial charge in [-0.15, -0.1) is 0 Å². The average Bonchev–Trinajstić information content (AvgIpc) is 3.45. The highest BCUT2D eigenvalue weighted by molar-refractivity contribution is 5.76. The number of morpholine rings is 1. The van der Waals surface area contributed by atoms with Gasteiger partial charge in [-0.3, -0.25) is 4.40 Å². The predicted octanol–water partition coefficient (Wildman–Crippen LogP) is 3.77. The van der Waals surface area contributed by atoms with Crippen molar-refractivity contribution in [1.82, 2.24) is 14.4 Å². The van der Waals surface area contributed by atoms with Gasteiger partial charge < -0.3 is 14.4 Å². The zero-order valence-electron chi connectivity index (χ0n) is 18.2. The second-order valence-corrected chi connectivity index (χ2v) is 8.25. The number of ether oxygens (including phenoxy) is 2. The molecule has 1 atom stereocenters. The van der Waals surface area contributed by atoms with E-state index in [-0.39, 0.29) is 5.82 Å². The summed E-state index contributed by atoms with van der Waals surface area (Å²) in [6, 6.07) is 3.59. The normalized spacial score (nSPS) is 18.4. The van der Waals surface area contributed by atoms with E-state index >= 15 is 0 Å². The maximum atomic E-state index is 14.6. The van der Waals surface area contributed by atoms with E-state index in [1.165, 1.54) is 6.07 Å². The van der Waals surface area contributed by atoms with Crippen LogP contribution in [0.1, 0.15) is 42.9 Å². The fourth-order valence-corrected chi connectivity index (χ4v) is 4.90. The van der Waals surface area contributed by atoms with Crippen LogP contribution in [0.25, 0.3) is 5.52 Å². The van der Waals surface area contributed by atoms with Crippen molar-refractivity contribution in [3.63, 3.8) is 0 Å². The molecule has 5 rings (SSSR count). The van der Waals surface area contributed by atoms with Crippen LogP contribution in [0.3, 0.4) is 0 Å². The first-order valence-corrected chi connectivity index (χ1v) is 11.3. The Morgan fingerprint density at radius 3 is 2.90 bits per heavy atom. The van der Waals surface area contributed by atoms with Crippen molar-refractivity contribution in [1.29, 1.82) is 0 Å². The molecule has 6 nitrogen and oxygen atoms in total. The van der Waals surface area contributed by atoms with Crippen molar-refractivity contribution < 1.29 is 13.9 Å². The van der Waals surface area contributed by atoms with E-state index in [0.717, 1.165) is 78.6 Å². The third-order valence-electron chi connectivity index (χ3n) is 6.58. The first-order valence-electron chi connectivity index (χ1n) is 11.3. The average molecular weight is 425 g/mol. The Kier molecular flexibility index (Phi) is 5.52. The summed E-state index contributed by atoms with van der Waals surface area (Å²) in [5.41, 5.74) is 5.07. The summed E-state index contributed by atoms with van der Waals surface area (Å²) in [7, 11) is 0. The van der Waals surface area contributed by atoms with Gasteiger partial charge in [-0.2, -0.15) is 0 Å². The van der Waals surface area contributed by atoms with E-state index in [1.54, 1.807) is 6.07 Å². The topological polar surface area (TPSA) is 51.9 Å². The van der Waals surface area contributed by atoms with Crippen LogP contribution in [0.4, 0.5) is 10.1 Å². The van der Waals surface area contributed by atoms with Crippen molar-refractivity contribution in [2.45, 2.75) is 52.0 Å². The maximum absolute atomic E-state index is 14.6. The minimum atomic E-state index is -0.156. The lowest BCUT2D eigenvalue weighted by Gasteiger charge is -2.37. The third-order valence-corrected chi connectivity index (χ3v) is 6.58. The number of aryl methyl sites for hydroxylation is 2. The number of imidazole rings is 1. The van der Waals surface area contributed by atoms with Gasteiger partial charge in [0, 0.05) is 24.9 Å². The van der Waals surface area contributed by atoms with Gasteiger partial charge in [0.1, 0.15) is 23.7 Å². The quantitative estimate of drug-likeness (QED) is 0.603. The smallest absolute Gasteiger partial charge is 0.126 e. The van der Waals surface area contributed by atoms with Crippen molar-refractivity contribution in [3.05, 3.63) is 53.1 Å². The van der Waals surface area contributed by atoms with Crippen LogP contribution in [0.5, 0.6) is 5.75 Å². The first kappa shape index (κ1) is 20.2. The molecule has 0 saturated carbocycles. The Balaban J connectivity index is 1.50. The summed E-state index contributed by atoms with van der Waals surface area (Å²) in [5.74, 6) is 1.57. The van der Waals surface area contributed by atoms with Crippen LogP contribution in [0, 0.1) is 5.82 Å². The molecule has 1 fully saturated rings. The van der Waals surface area contributed by atoms with Crippen LogP contribution in [-0.4, -0.2) is 46.8 Å². The molecule has 1 aromatic carbocycles. The Bertz CT molecular complexity index is 1100. The summed E-state index contributed by atoms with van der Waals surface area (Å²) < 4.78 is 28.0. The van der Waals surface area contributed by atoms with Gasteiger partial charge in [0.25, 0.3) is 0 Å². The standard InChI is InChI=1S/C24H29FN4O2/c1-3-16-14-30-12-10-28(16)21-13-26-23(29-15-27-20(4-2)24(21)29)8-5-17-18-9-11-31-22(18)7-6-19(17)25/h6-7,13,15-16H,3-5,8-12,14H2,1-2H3/t16-/m0/s1. The Labute approximate surface area is 182 Å². The molecule has 3 aromatic rings. The molecule has 0 amide bonds. The highest BCUT2D eigenvalue weighted by atomic mass is 19.1. The maximum Gasteiger partial charge on any atom is 0.126 e. The van der Waals surface area contributed by atoms with Gasteiger partial charge in [-0.05, 0) is 37.0 Å². The molecule has 2 aliphatic heterocycles. The Hall–Kier alpha value is -2.67. The minimum Gasteiger partial charge on any atom is -0.493 e. The number of halogens is 1. The van der Waals surface area contributed by atoms with Gasteiger partial charge in [0.2, 0.25) is 0 Å². The van der Waals surface area contributed by atoms with Crippen LogP contribution in [-0.2, 0) is 30.4 Å². The molecule has 4 heterocycles. The molecule has 164 valence electrons. The molecule has 0 aliphatic carbocycles. The van der Waals surface area contributed by atoms with E-state index in [9.17, 15) is 4.39 Å². The number of aromatic nitrogens is 3. The molecule has 0 spiro atoms. The van der Waals surface area contributed by atoms with Crippen LogP contribution in [0.15, 0.2) is 24.7 Å². The lowest BCUT2D eigenvalue weighted by molar-refractivity contribution is 0.0930. The molecule has 0 bridgehead atoms. The summed E-state index contributed by atoms with van der Waals surface area (Å²) in [6.45, 7) is 7.26. The van der Waals surface area contributed by atoms with Gasteiger partial charge in [-0.1, -0.05) is 13.8 Å². The number of hydrogen-bond donors (Lipinski definition) is 0. The van der Waals surface area contributed by atoms with Crippen LogP contribution < -0.4 is 9.64 Å². The largest absolute Gasteiger partial charge is 0.493 e. The Morgan fingerprint density at radius 1 is 1.16 bits per heavy atom. The molecule has 0 radical (unpaired) electrons. The van der Waals surface area contributed by atoms with Gasteiger partial charge in [0.05, 0.1) is 49.0 Å². The summed E-state index contributed by atoms with van der Waals surface area (Å²) in [4.78, 5) is 11.9. The van der Waals surface area contributed by atoms with Gasteiger partial charge in [0.15, 0.2) is 0 Å². The number of rotatable bonds is 6. The molecular formula is C24H29FN4O2. The molecule has 0 unspecified atom stereocenters. The molecule has 31 heavy (non-hydrogen) atoms. The second kappa shape index (κ2) is 8.46. The number of hydrogen-bond acceptors (Lipinski definition) is 5. The van der Waals surface area contributed by atoms with E-state index < -0.39 is 0 Å². The molecular weight excluding hydrogens is 395 g/mol. The fourth-order valence-electron chi connectivity index (χ4n) is 4.90.